The summed E-state index contributed by atoms with van der Waals surface area (Å²) in [6.45, 7) is 9.18. The summed E-state index contributed by atoms with van der Waals surface area (Å²) in [5.41, 5.74) is -0.534. The van der Waals surface area contributed by atoms with Crippen molar-refractivity contribution in [2.24, 2.45) is 17.8 Å². The van der Waals surface area contributed by atoms with Gasteiger partial charge in [-0.25, -0.2) is 4.79 Å². The summed E-state index contributed by atoms with van der Waals surface area (Å²) in [5.74, 6) is 2.06. The molecule has 0 bridgehead atoms. The molecule has 3 aliphatic rings. The maximum absolute atomic E-state index is 12.7. The van der Waals surface area contributed by atoms with Crippen molar-refractivity contribution >= 4 is 11.9 Å². The summed E-state index contributed by atoms with van der Waals surface area (Å²) in [7, 11) is 2.26. The van der Waals surface area contributed by atoms with E-state index in [4.69, 9.17) is 4.74 Å². The van der Waals surface area contributed by atoms with E-state index in [0.717, 1.165) is 6.42 Å². The number of allylic oxidation sites excluding steroid dienone is 1. The number of fused-ring (bicyclic) bond motifs is 1. The zero-order valence-electron chi connectivity index (χ0n) is 17.6. The molecule has 1 amide bonds. The topological polar surface area (TPSA) is 49.9 Å². The van der Waals surface area contributed by atoms with Crippen LogP contribution in [0.4, 0.5) is 4.79 Å². The molecule has 27 heavy (non-hydrogen) atoms. The van der Waals surface area contributed by atoms with Gasteiger partial charge in [0.05, 0.1) is 0 Å². The molecular formula is C22H36N2O3. The van der Waals surface area contributed by atoms with Gasteiger partial charge < -0.3 is 9.64 Å². The predicted octanol–water partition coefficient (Wildman–Crippen LogP) is 4.23. The fourth-order valence-electron chi connectivity index (χ4n) is 5.39. The van der Waals surface area contributed by atoms with Crippen molar-refractivity contribution in [1.82, 2.24) is 9.80 Å². The van der Waals surface area contributed by atoms with Crippen LogP contribution < -0.4 is 0 Å². The maximum atomic E-state index is 12.7. The molecule has 0 aromatic carbocycles. The van der Waals surface area contributed by atoms with Crippen molar-refractivity contribution < 1.29 is 14.3 Å². The number of piperidine rings is 1. The summed E-state index contributed by atoms with van der Waals surface area (Å²) in [6, 6.07) is 0.567. The van der Waals surface area contributed by atoms with Crippen molar-refractivity contribution in [3.8, 4) is 0 Å². The quantitative estimate of drug-likeness (QED) is 0.724. The van der Waals surface area contributed by atoms with E-state index < -0.39 is 5.60 Å². The van der Waals surface area contributed by atoms with Crippen LogP contribution in [-0.4, -0.2) is 53.0 Å². The molecule has 2 fully saturated rings. The van der Waals surface area contributed by atoms with E-state index in [-0.39, 0.29) is 17.9 Å². The number of carbonyl (C=O) groups excluding carboxylic acids is 2. The van der Waals surface area contributed by atoms with Crippen molar-refractivity contribution in [2.45, 2.75) is 83.9 Å². The lowest BCUT2D eigenvalue weighted by Gasteiger charge is -2.49. The highest BCUT2D eigenvalue weighted by Crippen LogP contribution is 2.44. The van der Waals surface area contributed by atoms with Gasteiger partial charge in [-0.3, -0.25) is 9.69 Å². The van der Waals surface area contributed by atoms with Crippen molar-refractivity contribution in [1.29, 1.82) is 0 Å². The Morgan fingerprint density at radius 1 is 1.30 bits per heavy atom. The highest BCUT2D eigenvalue weighted by Gasteiger charge is 2.42. The van der Waals surface area contributed by atoms with Crippen molar-refractivity contribution in [3.05, 3.63) is 12.3 Å². The molecule has 3 rings (SSSR count). The van der Waals surface area contributed by atoms with E-state index in [9.17, 15) is 9.59 Å². The summed E-state index contributed by atoms with van der Waals surface area (Å²) in [6.07, 6.45) is 9.13. The number of ether oxygens (including phenoxy) is 1. The fraction of sp³-hybridized carbons (Fsp3) is 0.818. The van der Waals surface area contributed by atoms with Gasteiger partial charge in [-0.2, -0.15) is 0 Å². The van der Waals surface area contributed by atoms with Gasteiger partial charge in [0.1, 0.15) is 5.60 Å². The summed E-state index contributed by atoms with van der Waals surface area (Å²) >= 11 is 0. The summed E-state index contributed by atoms with van der Waals surface area (Å²) in [4.78, 5) is 29.0. The standard InChI is InChI=1S/C22H36N2O3/c1-15-11-16(19-7-6-9-23(5)20(19)12-15)13-17-14-18(25)8-10-24(17)21(26)27-22(2,3)4/h8,10,15-17,19-20H,6-7,9,11-14H2,1-5H3/t15-,16+,17-,19+,20-/m0/s1. The number of hydrogen-bond acceptors (Lipinski definition) is 4. The van der Waals surface area contributed by atoms with E-state index in [2.05, 4.69) is 18.9 Å². The number of carbonyl (C=O) groups is 2. The summed E-state index contributed by atoms with van der Waals surface area (Å²) < 4.78 is 5.59. The Labute approximate surface area is 164 Å². The van der Waals surface area contributed by atoms with E-state index in [1.807, 2.05) is 20.8 Å². The number of nitrogens with zero attached hydrogens (tertiary/aromatic N) is 2. The monoisotopic (exact) mass is 376 g/mol. The second-order valence-corrected chi connectivity index (χ2v) is 9.95. The van der Waals surface area contributed by atoms with Crippen LogP contribution in [-0.2, 0) is 9.53 Å². The lowest BCUT2D eigenvalue weighted by atomic mass is 9.66. The second-order valence-electron chi connectivity index (χ2n) is 9.95. The lowest BCUT2D eigenvalue weighted by Crippen LogP contribution is -2.51. The van der Waals surface area contributed by atoms with Crippen LogP contribution in [0.3, 0.4) is 0 Å². The van der Waals surface area contributed by atoms with Crippen LogP contribution in [0, 0.1) is 17.8 Å². The molecule has 2 aliphatic heterocycles. The number of hydrogen-bond donors (Lipinski definition) is 0. The molecule has 0 aromatic rings. The average molecular weight is 377 g/mol. The Morgan fingerprint density at radius 3 is 2.74 bits per heavy atom. The number of likely N-dealkylation sites (tertiary alicyclic amines) is 1. The first-order valence-corrected chi connectivity index (χ1v) is 10.6. The molecule has 5 nitrogen and oxygen atoms in total. The number of amides is 1. The highest BCUT2D eigenvalue weighted by molar-refractivity contribution is 5.92. The van der Waals surface area contributed by atoms with Gasteiger partial charge in [0.2, 0.25) is 0 Å². The van der Waals surface area contributed by atoms with Gasteiger partial charge in [0.25, 0.3) is 0 Å². The van der Waals surface area contributed by atoms with Crippen LogP contribution in [0.15, 0.2) is 12.3 Å². The molecular weight excluding hydrogens is 340 g/mol. The smallest absolute Gasteiger partial charge is 0.414 e. The van der Waals surface area contributed by atoms with Crippen LogP contribution in [0.5, 0.6) is 0 Å². The SMILES string of the molecule is C[C@H]1C[C@H](C[C@H]2CC(=O)C=CN2C(=O)OC(C)(C)C)[C@H]2CCCN(C)[C@H]2C1. The van der Waals surface area contributed by atoms with E-state index in [0.29, 0.717) is 30.2 Å². The number of ketones is 1. The van der Waals surface area contributed by atoms with E-state index in [1.54, 1.807) is 11.1 Å². The van der Waals surface area contributed by atoms with Crippen LogP contribution in [0.2, 0.25) is 0 Å². The molecule has 0 N–H and O–H groups in total. The Morgan fingerprint density at radius 2 is 2.04 bits per heavy atom. The molecule has 1 saturated carbocycles. The van der Waals surface area contributed by atoms with Crippen LogP contribution in [0.1, 0.15) is 66.2 Å². The van der Waals surface area contributed by atoms with E-state index in [1.165, 1.54) is 38.3 Å². The third kappa shape index (κ3) is 4.92. The van der Waals surface area contributed by atoms with Gasteiger partial charge in [-0.15, -0.1) is 0 Å². The van der Waals surface area contributed by atoms with Crippen molar-refractivity contribution in [3.63, 3.8) is 0 Å². The Balaban J connectivity index is 1.75. The molecule has 0 spiro atoms. The Bertz CT molecular complexity index is 595. The first-order valence-electron chi connectivity index (χ1n) is 10.6. The van der Waals surface area contributed by atoms with Gasteiger partial charge in [0, 0.05) is 24.7 Å². The molecule has 2 heterocycles. The van der Waals surface area contributed by atoms with Gasteiger partial charge in [-0.1, -0.05) is 6.92 Å². The van der Waals surface area contributed by atoms with Crippen LogP contribution >= 0.6 is 0 Å². The molecule has 0 radical (unpaired) electrons. The summed E-state index contributed by atoms with van der Waals surface area (Å²) in [5, 5.41) is 0. The second kappa shape index (κ2) is 7.94. The first-order chi connectivity index (χ1) is 12.6. The fourth-order valence-corrected chi connectivity index (χ4v) is 5.39. The zero-order chi connectivity index (χ0) is 19.8. The highest BCUT2D eigenvalue weighted by atomic mass is 16.6. The van der Waals surface area contributed by atoms with Gasteiger partial charge in [0.15, 0.2) is 5.78 Å². The maximum Gasteiger partial charge on any atom is 0.414 e. The third-order valence-electron chi connectivity index (χ3n) is 6.49. The Hall–Kier alpha value is -1.36. The average Bonchev–Trinajstić information content (AvgIpc) is 2.54. The molecule has 1 saturated heterocycles. The minimum atomic E-state index is -0.534. The predicted molar refractivity (Wildman–Crippen MR) is 106 cm³/mol. The van der Waals surface area contributed by atoms with Crippen molar-refractivity contribution in [2.75, 3.05) is 13.6 Å². The number of rotatable bonds is 2. The molecule has 5 heteroatoms. The lowest BCUT2D eigenvalue weighted by molar-refractivity contribution is -0.116. The van der Waals surface area contributed by atoms with Gasteiger partial charge >= 0.3 is 6.09 Å². The van der Waals surface area contributed by atoms with E-state index >= 15 is 0 Å². The Kier molecular flexibility index (Phi) is 5.99. The molecule has 152 valence electrons. The third-order valence-corrected chi connectivity index (χ3v) is 6.49. The van der Waals surface area contributed by atoms with Gasteiger partial charge in [-0.05, 0) is 90.3 Å². The minimum Gasteiger partial charge on any atom is -0.443 e. The zero-order valence-corrected chi connectivity index (χ0v) is 17.6. The normalized spacial score (nSPS) is 35.1. The minimum absolute atomic E-state index is 0.0828. The molecule has 0 aromatic heterocycles. The largest absolute Gasteiger partial charge is 0.443 e. The van der Waals surface area contributed by atoms with Crippen LogP contribution in [0.25, 0.3) is 0 Å². The molecule has 0 unspecified atom stereocenters. The first kappa shape index (κ1) is 20.4. The molecule has 1 aliphatic carbocycles. The molecule has 5 atom stereocenters.